The SMILES string of the molecule is COCCn1c(SCC(=O)Nc2cc(F)ccc2C)nc2sc3c(c2c1=O)CCCC3. The summed E-state index contributed by atoms with van der Waals surface area (Å²) in [5.74, 6) is -0.626. The van der Waals surface area contributed by atoms with Gasteiger partial charge in [0.25, 0.3) is 5.56 Å². The van der Waals surface area contributed by atoms with Gasteiger partial charge in [-0.05, 0) is 55.9 Å². The summed E-state index contributed by atoms with van der Waals surface area (Å²) in [6.45, 7) is 2.55. The number of hydrogen-bond acceptors (Lipinski definition) is 6. The van der Waals surface area contributed by atoms with Crippen LogP contribution in [0.4, 0.5) is 10.1 Å². The maximum Gasteiger partial charge on any atom is 0.263 e. The van der Waals surface area contributed by atoms with Gasteiger partial charge in [-0.2, -0.15) is 0 Å². The van der Waals surface area contributed by atoms with E-state index in [0.717, 1.165) is 47.0 Å². The number of benzene rings is 1. The third-order valence-electron chi connectivity index (χ3n) is 5.36. The molecule has 2 heterocycles. The molecule has 164 valence electrons. The number of nitrogens with one attached hydrogen (secondary N) is 1. The maximum atomic E-state index is 13.5. The summed E-state index contributed by atoms with van der Waals surface area (Å²) in [6, 6.07) is 4.27. The second-order valence-corrected chi connectivity index (χ2v) is 9.56. The van der Waals surface area contributed by atoms with Crippen LogP contribution < -0.4 is 10.9 Å². The predicted octanol–water partition coefficient (Wildman–Crippen LogP) is 4.16. The summed E-state index contributed by atoms with van der Waals surface area (Å²) in [4.78, 5) is 32.6. The number of aryl methyl sites for hydroxylation is 3. The van der Waals surface area contributed by atoms with Gasteiger partial charge in [-0.3, -0.25) is 14.2 Å². The molecule has 9 heteroatoms. The molecule has 31 heavy (non-hydrogen) atoms. The fraction of sp³-hybridized carbons (Fsp3) is 0.409. The van der Waals surface area contributed by atoms with E-state index in [-0.39, 0.29) is 17.2 Å². The molecule has 6 nitrogen and oxygen atoms in total. The van der Waals surface area contributed by atoms with E-state index in [4.69, 9.17) is 9.72 Å². The normalized spacial score (nSPS) is 13.4. The number of carbonyl (C=O) groups excluding carboxylic acids is 1. The molecular formula is C22H24FN3O3S2. The van der Waals surface area contributed by atoms with Crippen molar-refractivity contribution in [3.63, 3.8) is 0 Å². The zero-order valence-electron chi connectivity index (χ0n) is 17.5. The summed E-state index contributed by atoms with van der Waals surface area (Å²) in [5.41, 5.74) is 2.30. The van der Waals surface area contributed by atoms with E-state index in [1.807, 2.05) is 0 Å². The van der Waals surface area contributed by atoms with Crippen molar-refractivity contribution in [3.8, 4) is 0 Å². The van der Waals surface area contributed by atoms with Crippen LogP contribution in [0.2, 0.25) is 0 Å². The van der Waals surface area contributed by atoms with Gasteiger partial charge in [-0.1, -0.05) is 17.8 Å². The van der Waals surface area contributed by atoms with Crippen molar-refractivity contribution in [2.24, 2.45) is 0 Å². The van der Waals surface area contributed by atoms with Crippen molar-refractivity contribution in [2.75, 3.05) is 24.8 Å². The lowest BCUT2D eigenvalue weighted by Gasteiger charge is -2.13. The fourth-order valence-electron chi connectivity index (χ4n) is 3.76. The van der Waals surface area contributed by atoms with Gasteiger partial charge in [-0.25, -0.2) is 9.37 Å². The monoisotopic (exact) mass is 461 g/mol. The number of halogens is 1. The highest BCUT2D eigenvalue weighted by molar-refractivity contribution is 7.99. The zero-order chi connectivity index (χ0) is 22.0. The molecular weight excluding hydrogens is 437 g/mol. The number of carbonyl (C=O) groups is 1. The average molecular weight is 462 g/mol. The van der Waals surface area contributed by atoms with Gasteiger partial charge in [0.15, 0.2) is 5.16 Å². The quantitative estimate of drug-likeness (QED) is 0.423. The number of nitrogens with zero attached hydrogens (tertiary/aromatic N) is 2. The van der Waals surface area contributed by atoms with E-state index < -0.39 is 5.82 Å². The van der Waals surface area contributed by atoms with Crippen LogP contribution in [0.25, 0.3) is 10.2 Å². The molecule has 0 saturated heterocycles. The lowest BCUT2D eigenvalue weighted by Crippen LogP contribution is -2.26. The molecule has 0 atom stereocenters. The fourth-order valence-corrected chi connectivity index (χ4v) is 5.88. The zero-order valence-corrected chi connectivity index (χ0v) is 19.1. The van der Waals surface area contributed by atoms with Gasteiger partial charge in [-0.15, -0.1) is 11.3 Å². The van der Waals surface area contributed by atoms with Crippen LogP contribution in [0.15, 0.2) is 28.2 Å². The minimum Gasteiger partial charge on any atom is -0.383 e. The van der Waals surface area contributed by atoms with Crippen molar-refractivity contribution in [1.29, 1.82) is 0 Å². The number of amides is 1. The van der Waals surface area contributed by atoms with Gasteiger partial charge in [0, 0.05) is 17.7 Å². The Morgan fingerprint density at radius 2 is 2.16 bits per heavy atom. The molecule has 1 amide bonds. The standard InChI is InChI=1S/C22H24FN3O3S2/c1-13-7-8-14(23)11-16(13)24-18(27)12-30-22-25-20-19(21(28)26(22)9-10-29-2)15-5-3-4-6-17(15)31-20/h7-8,11H,3-6,9-10,12H2,1-2H3,(H,24,27). The first-order valence-corrected chi connectivity index (χ1v) is 12.0. The lowest BCUT2D eigenvalue weighted by atomic mass is 9.97. The minimum absolute atomic E-state index is 0.0615. The van der Waals surface area contributed by atoms with E-state index >= 15 is 0 Å². The molecule has 4 rings (SSSR count). The third-order valence-corrected chi connectivity index (χ3v) is 7.53. The Bertz CT molecular complexity index is 1190. The average Bonchev–Trinajstić information content (AvgIpc) is 3.13. The molecule has 2 aromatic heterocycles. The van der Waals surface area contributed by atoms with Crippen LogP contribution in [-0.2, 0) is 28.9 Å². The molecule has 0 bridgehead atoms. The Morgan fingerprint density at radius 3 is 2.97 bits per heavy atom. The Labute approximate surface area is 187 Å². The van der Waals surface area contributed by atoms with Crippen LogP contribution >= 0.6 is 23.1 Å². The van der Waals surface area contributed by atoms with E-state index in [1.54, 1.807) is 36.0 Å². The molecule has 0 aliphatic heterocycles. The molecule has 0 spiro atoms. The Morgan fingerprint density at radius 1 is 1.35 bits per heavy atom. The van der Waals surface area contributed by atoms with E-state index in [2.05, 4.69) is 5.32 Å². The predicted molar refractivity (Wildman–Crippen MR) is 123 cm³/mol. The number of fused-ring (bicyclic) bond motifs is 3. The van der Waals surface area contributed by atoms with E-state index in [9.17, 15) is 14.0 Å². The summed E-state index contributed by atoms with van der Waals surface area (Å²) >= 11 is 2.80. The van der Waals surface area contributed by atoms with Crippen molar-refractivity contribution < 1.29 is 13.9 Å². The minimum atomic E-state index is -0.407. The summed E-state index contributed by atoms with van der Waals surface area (Å²) in [6.07, 6.45) is 4.13. The Kier molecular flexibility index (Phi) is 6.74. The molecule has 1 aliphatic carbocycles. The first-order chi connectivity index (χ1) is 15.0. The number of methoxy groups -OCH3 is 1. The van der Waals surface area contributed by atoms with Crippen molar-refractivity contribution in [3.05, 3.63) is 50.4 Å². The largest absolute Gasteiger partial charge is 0.383 e. The third kappa shape index (κ3) is 4.68. The van der Waals surface area contributed by atoms with Gasteiger partial charge in [0.1, 0.15) is 10.6 Å². The molecule has 0 saturated carbocycles. The molecule has 0 fully saturated rings. The highest BCUT2D eigenvalue weighted by atomic mass is 32.2. The number of anilines is 1. The molecule has 0 radical (unpaired) electrons. The molecule has 1 aromatic carbocycles. The lowest BCUT2D eigenvalue weighted by molar-refractivity contribution is -0.113. The summed E-state index contributed by atoms with van der Waals surface area (Å²) in [7, 11) is 1.59. The highest BCUT2D eigenvalue weighted by Crippen LogP contribution is 2.34. The van der Waals surface area contributed by atoms with Gasteiger partial charge in [0.05, 0.1) is 24.3 Å². The number of hydrogen-bond donors (Lipinski definition) is 1. The number of thioether (sulfide) groups is 1. The van der Waals surface area contributed by atoms with E-state index in [0.29, 0.717) is 24.0 Å². The Balaban J connectivity index is 1.60. The first kappa shape index (κ1) is 22.0. The molecule has 0 unspecified atom stereocenters. The van der Waals surface area contributed by atoms with Crippen LogP contribution in [-0.4, -0.2) is 34.9 Å². The van der Waals surface area contributed by atoms with Crippen LogP contribution in [0.3, 0.4) is 0 Å². The highest BCUT2D eigenvalue weighted by Gasteiger charge is 2.22. The smallest absolute Gasteiger partial charge is 0.263 e. The van der Waals surface area contributed by atoms with Crippen LogP contribution in [0, 0.1) is 12.7 Å². The number of ether oxygens (including phenoxy) is 1. The Hall–Kier alpha value is -2.23. The summed E-state index contributed by atoms with van der Waals surface area (Å²) < 4.78 is 20.3. The second-order valence-electron chi connectivity index (χ2n) is 7.53. The maximum absolute atomic E-state index is 13.5. The topological polar surface area (TPSA) is 73.2 Å². The van der Waals surface area contributed by atoms with E-state index in [1.165, 1.54) is 28.8 Å². The number of aromatic nitrogens is 2. The van der Waals surface area contributed by atoms with Gasteiger partial charge in [0.2, 0.25) is 5.91 Å². The molecule has 1 aliphatic rings. The van der Waals surface area contributed by atoms with Gasteiger partial charge < -0.3 is 10.1 Å². The van der Waals surface area contributed by atoms with Crippen LogP contribution in [0.5, 0.6) is 0 Å². The summed E-state index contributed by atoms with van der Waals surface area (Å²) in [5, 5.41) is 3.96. The van der Waals surface area contributed by atoms with Crippen molar-refractivity contribution in [2.45, 2.75) is 44.3 Å². The van der Waals surface area contributed by atoms with Crippen molar-refractivity contribution >= 4 is 44.9 Å². The number of thiophene rings is 1. The number of rotatable bonds is 7. The molecule has 3 aromatic rings. The molecule has 1 N–H and O–H groups in total. The van der Waals surface area contributed by atoms with Crippen molar-refractivity contribution in [1.82, 2.24) is 9.55 Å². The first-order valence-electron chi connectivity index (χ1n) is 10.2. The second kappa shape index (κ2) is 9.50. The van der Waals surface area contributed by atoms with Gasteiger partial charge >= 0.3 is 0 Å². The van der Waals surface area contributed by atoms with Crippen LogP contribution in [0.1, 0.15) is 28.8 Å².